The highest BCUT2D eigenvalue weighted by molar-refractivity contribution is 6.00. The van der Waals surface area contributed by atoms with Crippen LogP contribution in [0, 0.1) is 5.82 Å². The third kappa shape index (κ3) is 3.27. The number of urea groups is 1. The van der Waals surface area contributed by atoms with E-state index >= 15 is 0 Å². The Kier molecular flexibility index (Phi) is 4.32. The van der Waals surface area contributed by atoms with Gasteiger partial charge in [-0.3, -0.25) is 4.68 Å². The van der Waals surface area contributed by atoms with Crippen LogP contribution in [0.2, 0.25) is 0 Å². The van der Waals surface area contributed by atoms with Crippen molar-refractivity contribution < 1.29 is 9.18 Å². The average molecular weight is 352 g/mol. The minimum atomic E-state index is -0.216. The molecule has 3 aromatic rings. The van der Waals surface area contributed by atoms with Gasteiger partial charge in [0.25, 0.3) is 0 Å². The van der Waals surface area contributed by atoms with Crippen LogP contribution >= 0.6 is 0 Å². The molecule has 0 aliphatic heterocycles. The molecule has 0 unspecified atom stereocenters. The number of amides is 2. The zero-order chi connectivity index (χ0) is 18.1. The lowest BCUT2D eigenvalue weighted by Gasteiger charge is -2.15. The molecule has 0 bridgehead atoms. The molecule has 0 radical (unpaired) electrons. The number of benzene rings is 2. The highest BCUT2D eigenvalue weighted by Crippen LogP contribution is 2.34. The Balaban J connectivity index is 1.39. The summed E-state index contributed by atoms with van der Waals surface area (Å²) in [5, 5.41) is 11.1. The molecule has 5 nitrogen and oxygen atoms in total. The first-order chi connectivity index (χ1) is 12.6. The van der Waals surface area contributed by atoms with Crippen molar-refractivity contribution >= 4 is 22.6 Å². The monoisotopic (exact) mass is 352 g/mol. The zero-order valence-electron chi connectivity index (χ0n) is 14.6. The molecule has 2 aromatic carbocycles. The molecule has 1 heterocycles. The van der Waals surface area contributed by atoms with Gasteiger partial charge in [-0.15, -0.1) is 0 Å². The van der Waals surface area contributed by atoms with Gasteiger partial charge in [-0.05, 0) is 55.0 Å². The summed E-state index contributed by atoms with van der Waals surface area (Å²) < 4.78 is 15.2. The number of hydrogen-bond donors (Lipinski definition) is 2. The van der Waals surface area contributed by atoms with E-state index in [1.807, 2.05) is 31.3 Å². The number of nitrogens with zero attached hydrogens (tertiary/aromatic N) is 2. The van der Waals surface area contributed by atoms with E-state index in [9.17, 15) is 9.18 Å². The van der Waals surface area contributed by atoms with Crippen molar-refractivity contribution in [3.8, 4) is 0 Å². The lowest BCUT2D eigenvalue weighted by atomic mass is 9.97. The lowest BCUT2D eigenvalue weighted by molar-refractivity contribution is 0.248. The van der Waals surface area contributed by atoms with Gasteiger partial charge in [0, 0.05) is 18.5 Å². The van der Waals surface area contributed by atoms with E-state index in [1.54, 1.807) is 23.0 Å². The van der Waals surface area contributed by atoms with E-state index in [2.05, 4.69) is 15.7 Å². The van der Waals surface area contributed by atoms with Crippen LogP contribution in [-0.2, 0) is 7.05 Å². The van der Waals surface area contributed by atoms with Gasteiger partial charge in [-0.2, -0.15) is 5.10 Å². The predicted octanol–water partition coefficient (Wildman–Crippen LogP) is 4.17. The molecule has 2 atom stereocenters. The van der Waals surface area contributed by atoms with Crippen molar-refractivity contribution in [3.05, 3.63) is 60.0 Å². The van der Waals surface area contributed by atoms with E-state index in [4.69, 9.17) is 0 Å². The molecule has 1 fully saturated rings. The van der Waals surface area contributed by atoms with Crippen molar-refractivity contribution in [2.45, 2.75) is 31.2 Å². The maximum atomic E-state index is 13.4. The van der Waals surface area contributed by atoms with Crippen molar-refractivity contribution in [1.82, 2.24) is 15.1 Å². The number of nitrogens with one attached hydrogen (secondary N) is 2. The molecule has 2 amide bonds. The number of carbonyl (C=O) groups excluding carboxylic acids is 1. The van der Waals surface area contributed by atoms with E-state index in [1.165, 1.54) is 6.07 Å². The quantitative estimate of drug-likeness (QED) is 0.743. The molecule has 1 aliphatic carbocycles. The Hall–Kier alpha value is -2.89. The van der Waals surface area contributed by atoms with Crippen LogP contribution in [0.15, 0.2) is 48.7 Å². The van der Waals surface area contributed by atoms with Crippen LogP contribution in [0.25, 0.3) is 10.9 Å². The fraction of sp³-hybridized carbons (Fsp3) is 0.300. The molecule has 6 heteroatoms. The van der Waals surface area contributed by atoms with Gasteiger partial charge in [-0.25, -0.2) is 9.18 Å². The van der Waals surface area contributed by atoms with Gasteiger partial charge in [0.2, 0.25) is 0 Å². The standard InChI is InChI=1S/C20H21FN4O/c1-25-19-7-3-6-18(17(19)12-22-25)24-20(26)23-16-9-8-14(11-16)13-4-2-5-15(21)10-13/h2-7,10,12,14,16H,8-9,11H2,1H3,(H2,23,24,26)/t14-,16-/m1/s1. The second kappa shape index (κ2) is 6.78. The van der Waals surface area contributed by atoms with Gasteiger partial charge in [0.05, 0.1) is 17.4 Å². The summed E-state index contributed by atoms with van der Waals surface area (Å²) in [5.74, 6) is 0.0824. The van der Waals surface area contributed by atoms with Crippen molar-refractivity contribution in [1.29, 1.82) is 0 Å². The largest absolute Gasteiger partial charge is 0.335 e. The Morgan fingerprint density at radius 1 is 1.23 bits per heavy atom. The summed E-state index contributed by atoms with van der Waals surface area (Å²) in [6.07, 6.45) is 4.42. The van der Waals surface area contributed by atoms with E-state index in [0.717, 1.165) is 41.4 Å². The molecular formula is C20H21FN4O. The molecular weight excluding hydrogens is 331 g/mol. The number of carbonyl (C=O) groups is 1. The highest BCUT2D eigenvalue weighted by Gasteiger charge is 2.27. The number of rotatable bonds is 3. The van der Waals surface area contributed by atoms with E-state index < -0.39 is 0 Å². The van der Waals surface area contributed by atoms with Crippen LogP contribution < -0.4 is 10.6 Å². The summed E-state index contributed by atoms with van der Waals surface area (Å²) in [5.41, 5.74) is 2.72. The van der Waals surface area contributed by atoms with Crippen LogP contribution in [0.5, 0.6) is 0 Å². The van der Waals surface area contributed by atoms with Crippen LogP contribution in [0.4, 0.5) is 14.9 Å². The zero-order valence-corrected chi connectivity index (χ0v) is 14.6. The molecule has 1 aromatic heterocycles. The van der Waals surface area contributed by atoms with Crippen molar-refractivity contribution in [3.63, 3.8) is 0 Å². The number of aromatic nitrogens is 2. The smallest absolute Gasteiger partial charge is 0.319 e. The fourth-order valence-corrected chi connectivity index (χ4v) is 3.81. The summed E-state index contributed by atoms with van der Waals surface area (Å²) in [7, 11) is 1.87. The Morgan fingerprint density at radius 2 is 2.08 bits per heavy atom. The van der Waals surface area contributed by atoms with E-state index in [-0.39, 0.29) is 23.8 Å². The van der Waals surface area contributed by atoms with Crippen LogP contribution in [-0.4, -0.2) is 21.9 Å². The third-order valence-electron chi connectivity index (χ3n) is 5.13. The maximum absolute atomic E-state index is 13.4. The molecule has 1 saturated carbocycles. The molecule has 0 spiro atoms. The topological polar surface area (TPSA) is 59.0 Å². The molecule has 0 saturated heterocycles. The number of anilines is 1. The van der Waals surface area contributed by atoms with Crippen LogP contribution in [0.3, 0.4) is 0 Å². The van der Waals surface area contributed by atoms with E-state index in [0.29, 0.717) is 0 Å². The fourth-order valence-electron chi connectivity index (χ4n) is 3.81. The maximum Gasteiger partial charge on any atom is 0.319 e. The summed E-state index contributed by atoms with van der Waals surface area (Å²) >= 11 is 0. The first-order valence-corrected chi connectivity index (χ1v) is 8.84. The first-order valence-electron chi connectivity index (χ1n) is 8.84. The number of halogens is 1. The second-order valence-electron chi connectivity index (χ2n) is 6.87. The summed E-state index contributed by atoms with van der Waals surface area (Å²) in [6, 6.07) is 12.4. The minimum Gasteiger partial charge on any atom is -0.335 e. The SMILES string of the molecule is Cn1ncc2c(NC(=O)N[C@@H]3CC[C@@H](c4cccc(F)c4)C3)cccc21. The van der Waals surface area contributed by atoms with Gasteiger partial charge in [-0.1, -0.05) is 18.2 Å². The summed E-state index contributed by atoms with van der Waals surface area (Å²) in [6.45, 7) is 0. The number of hydrogen-bond acceptors (Lipinski definition) is 2. The molecule has 134 valence electrons. The van der Waals surface area contributed by atoms with Gasteiger partial charge in [0.1, 0.15) is 5.82 Å². The van der Waals surface area contributed by atoms with Gasteiger partial charge >= 0.3 is 6.03 Å². The summed E-state index contributed by atoms with van der Waals surface area (Å²) in [4.78, 5) is 12.4. The van der Waals surface area contributed by atoms with Crippen molar-refractivity contribution in [2.75, 3.05) is 5.32 Å². The Morgan fingerprint density at radius 3 is 2.92 bits per heavy atom. The molecule has 1 aliphatic rings. The number of fused-ring (bicyclic) bond motifs is 1. The highest BCUT2D eigenvalue weighted by atomic mass is 19.1. The minimum absolute atomic E-state index is 0.0939. The average Bonchev–Trinajstić information content (AvgIpc) is 3.23. The molecule has 2 N–H and O–H groups in total. The van der Waals surface area contributed by atoms with Gasteiger partial charge in [0.15, 0.2) is 0 Å². The first kappa shape index (κ1) is 16.6. The predicted molar refractivity (Wildman–Crippen MR) is 99.6 cm³/mol. The van der Waals surface area contributed by atoms with Crippen LogP contribution in [0.1, 0.15) is 30.7 Å². The van der Waals surface area contributed by atoms with Crippen molar-refractivity contribution in [2.24, 2.45) is 7.05 Å². The molecule has 4 rings (SSSR count). The molecule has 26 heavy (non-hydrogen) atoms. The Bertz CT molecular complexity index is 952. The normalized spacial score (nSPS) is 19.6. The third-order valence-corrected chi connectivity index (χ3v) is 5.13. The van der Waals surface area contributed by atoms with Gasteiger partial charge < -0.3 is 10.6 Å². The lowest BCUT2D eigenvalue weighted by Crippen LogP contribution is -2.36. The number of aryl methyl sites for hydroxylation is 1. The second-order valence-corrected chi connectivity index (χ2v) is 6.87. The Labute approximate surface area is 151 Å².